The summed E-state index contributed by atoms with van der Waals surface area (Å²) in [5.41, 5.74) is -1.76. The summed E-state index contributed by atoms with van der Waals surface area (Å²) < 4.78 is 12.4. The van der Waals surface area contributed by atoms with Gasteiger partial charge in [0.05, 0.1) is 36.5 Å². The number of phenols is 1. The molecule has 4 rings (SSSR count). The SMILES string of the molecule is C[N+]1(CCCOc2cccc(O)c2)CC[C@H](OC(=O)C(O)(c2cccs2)c2cccs2)C1.O=C[O-]. The lowest BCUT2D eigenvalue weighted by Gasteiger charge is -2.30. The molecule has 2 atom stereocenters. The number of aliphatic hydroxyl groups is 1. The minimum absolute atomic E-state index is 0.191. The zero-order valence-electron chi connectivity index (χ0n) is 19.4. The summed E-state index contributed by atoms with van der Waals surface area (Å²) in [6, 6.07) is 14.0. The maximum atomic E-state index is 13.2. The van der Waals surface area contributed by atoms with Gasteiger partial charge in [-0.3, -0.25) is 0 Å². The number of carbonyl (C=O) groups excluding carboxylic acids is 2. The molecule has 8 nitrogen and oxygen atoms in total. The first kappa shape index (κ1) is 26.7. The third-order valence-electron chi connectivity index (χ3n) is 5.89. The number of rotatable bonds is 9. The Morgan fingerprint density at radius 2 is 1.86 bits per heavy atom. The van der Waals surface area contributed by atoms with Crippen molar-refractivity contribution < 1.29 is 38.9 Å². The Morgan fingerprint density at radius 1 is 1.20 bits per heavy atom. The standard InChI is InChI=1S/C24H27NO5S2.CH2O2/c1-25(11-5-13-29-19-7-2-6-18(26)16-19)12-10-20(17-25)30-23(27)24(28,21-8-3-14-31-21)22-9-4-15-32-22;2-1-3/h2-4,6-9,14-16,20,28H,5,10-13,17H2,1H3;1H,(H,2,3)/t20-,25?;/m0./s1. The smallest absolute Gasteiger partial charge is 0.349 e. The van der Waals surface area contributed by atoms with Crippen molar-refractivity contribution in [1.82, 2.24) is 0 Å². The number of hydrogen-bond donors (Lipinski definition) is 2. The van der Waals surface area contributed by atoms with E-state index in [1.54, 1.807) is 30.3 Å². The van der Waals surface area contributed by atoms with Crippen molar-refractivity contribution in [3.05, 3.63) is 69.0 Å². The molecule has 1 unspecified atom stereocenters. The molecular weight excluding hydrogens is 490 g/mol. The summed E-state index contributed by atoms with van der Waals surface area (Å²) in [4.78, 5) is 22.6. The van der Waals surface area contributed by atoms with E-state index in [0.29, 0.717) is 28.7 Å². The molecule has 0 radical (unpaired) electrons. The molecule has 0 aliphatic carbocycles. The van der Waals surface area contributed by atoms with Crippen LogP contribution in [0.2, 0.25) is 0 Å². The molecule has 0 spiro atoms. The summed E-state index contributed by atoms with van der Waals surface area (Å²) in [5, 5.41) is 32.9. The maximum Gasteiger partial charge on any atom is 0.349 e. The van der Waals surface area contributed by atoms with Crippen LogP contribution in [0.1, 0.15) is 22.6 Å². The number of benzene rings is 1. The summed E-state index contributed by atoms with van der Waals surface area (Å²) >= 11 is 2.70. The van der Waals surface area contributed by atoms with E-state index in [1.165, 1.54) is 22.7 Å². The van der Waals surface area contributed by atoms with Crippen LogP contribution >= 0.6 is 22.7 Å². The number of quaternary nitrogens is 1. The first-order valence-electron chi connectivity index (χ1n) is 11.1. The normalized spacial score (nSPS) is 19.4. The van der Waals surface area contributed by atoms with Gasteiger partial charge in [0.15, 0.2) is 6.10 Å². The van der Waals surface area contributed by atoms with Gasteiger partial charge >= 0.3 is 5.97 Å². The molecule has 188 valence electrons. The van der Waals surface area contributed by atoms with E-state index in [4.69, 9.17) is 19.4 Å². The van der Waals surface area contributed by atoms with Crippen molar-refractivity contribution in [3.8, 4) is 11.5 Å². The molecule has 3 heterocycles. The zero-order valence-corrected chi connectivity index (χ0v) is 21.0. The third kappa shape index (κ3) is 6.82. The van der Waals surface area contributed by atoms with Crippen molar-refractivity contribution in [1.29, 1.82) is 0 Å². The quantitative estimate of drug-likeness (QED) is 0.193. The number of phenolic OH excluding ortho intramolecular Hbond substituents is 1. The van der Waals surface area contributed by atoms with E-state index in [-0.39, 0.29) is 11.9 Å². The van der Waals surface area contributed by atoms with E-state index in [2.05, 4.69) is 7.05 Å². The van der Waals surface area contributed by atoms with Gasteiger partial charge in [-0.15, -0.1) is 22.7 Å². The molecule has 0 bridgehead atoms. The molecule has 1 aromatic carbocycles. The molecule has 3 aromatic rings. The summed E-state index contributed by atoms with van der Waals surface area (Å²) in [7, 11) is 2.16. The number of likely N-dealkylation sites (tertiary alicyclic amines) is 1. The minimum atomic E-state index is -1.76. The van der Waals surface area contributed by atoms with Gasteiger partial charge in [-0.1, -0.05) is 18.2 Å². The lowest BCUT2D eigenvalue weighted by atomic mass is 10.00. The van der Waals surface area contributed by atoms with E-state index < -0.39 is 18.0 Å². The molecule has 10 heteroatoms. The fourth-order valence-corrected chi connectivity index (χ4v) is 5.88. The number of nitrogens with zero attached hydrogens (tertiary/aromatic N) is 1. The Labute approximate surface area is 212 Å². The van der Waals surface area contributed by atoms with E-state index in [9.17, 15) is 15.0 Å². The molecule has 1 aliphatic heterocycles. The van der Waals surface area contributed by atoms with Gasteiger partial charge in [-0.2, -0.15) is 0 Å². The largest absolute Gasteiger partial charge is 0.554 e. The van der Waals surface area contributed by atoms with Crippen LogP contribution in [0.25, 0.3) is 0 Å². The first-order chi connectivity index (χ1) is 16.8. The number of ether oxygens (including phenoxy) is 2. The Balaban J connectivity index is 0.00000108. The van der Waals surface area contributed by atoms with Crippen LogP contribution in [0.3, 0.4) is 0 Å². The number of likely N-dealkylation sites (N-methyl/N-ethyl adjacent to an activating group) is 1. The van der Waals surface area contributed by atoms with E-state index in [0.717, 1.165) is 30.4 Å². The number of carboxylic acid groups (broad SMARTS) is 1. The van der Waals surface area contributed by atoms with Gasteiger partial charge in [0, 0.05) is 25.4 Å². The average Bonchev–Trinajstić information content (AvgIpc) is 3.60. The highest BCUT2D eigenvalue weighted by atomic mass is 32.1. The van der Waals surface area contributed by atoms with Crippen LogP contribution in [0.5, 0.6) is 11.5 Å². The highest BCUT2D eigenvalue weighted by Crippen LogP contribution is 2.37. The molecule has 35 heavy (non-hydrogen) atoms. The minimum Gasteiger partial charge on any atom is -0.554 e. The number of thiophene rings is 2. The van der Waals surface area contributed by atoms with E-state index >= 15 is 0 Å². The maximum absolute atomic E-state index is 13.2. The molecule has 1 saturated heterocycles. The Kier molecular flexibility index (Phi) is 9.27. The molecule has 1 fully saturated rings. The number of esters is 1. The lowest BCUT2D eigenvalue weighted by molar-refractivity contribution is -0.899. The Morgan fingerprint density at radius 3 is 2.43 bits per heavy atom. The van der Waals surface area contributed by atoms with E-state index in [1.807, 2.05) is 29.0 Å². The second kappa shape index (κ2) is 12.2. The van der Waals surface area contributed by atoms with Crippen LogP contribution in [0.4, 0.5) is 0 Å². The van der Waals surface area contributed by atoms with Crippen molar-refractivity contribution >= 4 is 35.1 Å². The van der Waals surface area contributed by atoms with Crippen LogP contribution in [-0.4, -0.2) is 66.5 Å². The average molecular weight is 520 g/mol. The highest BCUT2D eigenvalue weighted by molar-refractivity contribution is 7.12. The highest BCUT2D eigenvalue weighted by Gasteiger charge is 2.46. The van der Waals surface area contributed by atoms with Gasteiger partial charge in [0.2, 0.25) is 5.60 Å². The first-order valence-corrected chi connectivity index (χ1v) is 12.9. The molecule has 0 saturated carbocycles. The number of aromatic hydroxyl groups is 1. The second-order valence-corrected chi connectivity index (χ2v) is 10.4. The third-order valence-corrected chi connectivity index (χ3v) is 7.85. The summed E-state index contributed by atoms with van der Waals surface area (Å²) in [5.74, 6) is 0.242. The monoisotopic (exact) mass is 519 g/mol. The van der Waals surface area contributed by atoms with Crippen LogP contribution in [0, 0.1) is 0 Å². The fourth-order valence-electron chi connectivity index (χ4n) is 4.17. The van der Waals surface area contributed by atoms with Crippen molar-refractivity contribution in [2.45, 2.75) is 24.5 Å². The topological polar surface area (TPSA) is 116 Å². The predicted octanol–water partition coefficient (Wildman–Crippen LogP) is 2.35. The molecule has 0 amide bonds. The Bertz CT molecular complexity index is 1040. The van der Waals surface area contributed by atoms with Crippen LogP contribution in [-0.2, 0) is 19.9 Å². The van der Waals surface area contributed by atoms with Crippen molar-refractivity contribution in [2.75, 3.05) is 33.3 Å². The predicted molar refractivity (Wildman–Crippen MR) is 131 cm³/mol. The fraction of sp³-hybridized carbons (Fsp3) is 0.360. The van der Waals surface area contributed by atoms with Crippen molar-refractivity contribution in [2.24, 2.45) is 0 Å². The van der Waals surface area contributed by atoms with Crippen LogP contribution in [0.15, 0.2) is 59.3 Å². The molecule has 2 N–H and O–H groups in total. The molecule has 2 aromatic heterocycles. The van der Waals surface area contributed by atoms with Gasteiger partial charge in [0.1, 0.15) is 18.0 Å². The Hall–Kier alpha value is -2.92. The van der Waals surface area contributed by atoms with Gasteiger partial charge < -0.3 is 34.1 Å². The van der Waals surface area contributed by atoms with Gasteiger partial charge in [-0.25, -0.2) is 4.79 Å². The van der Waals surface area contributed by atoms with Gasteiger partial charge in [-0.05, 0) is 35.0 Å². The zero-order chi connectivity index (χ0) is 25.3. The van der Waals surface area contributed by atoms with Crippen LogP contribution < -0.4 is 9.84 Å². The van der Waals surface area contributed by atoms with Crippen molar-refractivity contribution in [3.63, 3.8) is 0 Å². The summed E-state index contributed by atoms with van der Waals surface area (Å²) in [6.45, 7) is 2.56. The summed E-state index contributed by atoms with van der Waals surface area (Å²) in [6.07, 6.45) is 1.38. The molecular formula is C25H29NO7S2. The number of carbonyl (C=O) groups is 2. The molecule has 1 aliphatic rings. The number of hydrogen-bond acceptors (Lipinski definition) is 9. The lowest BCUT2D eigenvalue weighted by Crippen LogP contribution is -2.45. The van der Waals surface area contributed by atoms with Gasteiger partial charge in [0.25, 0.3) is 0 Å². The second-order valence-electron chi connectivity index (χ2n) is 8.53.